The molecule has 1 saturated heterocycles. The lowest BCUT2D eigenvalue weighted by Gasteiger charge is -2.22. The number of carboxylic acids is 1. The normalized spacial score (nSPS) is 30.5. The molecule has 1 aliphatic heterocycles. The predicted molar refractivity (Wildman–Crippen MR) is 49.9 cm³/mol. The number of carbonyl (C=O) groups is 1. The van der Waals surface area contributed by atoms with Gasteiger partial charge in [0.2, 0.25) is 0 Å². The molecule has 0 amide bonds. The molecule has 0 saturated carbocycles. The molecule has 1 rings (SSSR count). The monoisotopic (exact) mass is 203 g/mol. The van der Waals surface area contributed by atoms with Crippen LogP contribution in [0.5, 0.6) is 0 Å². The number of aliphatic carboxylic acids is 1. The molecule has 1 fully saturated rings. The summed E-state index contributed by atoms with van der Waals surface area (Å²) < 4.78 is 0. The zero-order valence-electron chi connectivity index (χ0n) is 8.26. The summed E-state index contributed by atoms with van der Waals surface area (Å²) in [6.07, 6.45) is -0.295. The number of hydrogen-bond acceptors (Lipinski definition) is 4. The Bertz CT molecular complexity index is 199. The van der Waals surface area contributed by atoms with Crippen molar-refractivity contribution in [3.63, 3.8) is 0 Å². The molecule has 5 heteroatoms. The van der Waals surface area contributed by atoms with Gasteiger partial charge in [-0.3, -0.25) is 9.69 Å². The van der Waals surface area contributed by atoms with E-state index in [4.69, 9.17) is 5.11 Å². The maximum atomic E-state index is 10.9. The van der Waals surface area contributed by atoms with Crippen LogP contribution in [0, 0.1) is 0 Å². The minimum Gasteiger partial charge on any atom is -0.480 e. The third kappa shape index (κ3) is 2.43. The van der Waals surface area contributed by atoms with E-state index < -0.39 is 24.2 Å². The van der Waals surface area contributed by atoms with Gasteiger partial charge in [-0.25, -0.2) is 0 Å². The van der Waals surface area contributed by atoms with E-state index in [1.54, 1.807) is 4.90 Å². The van der Waals surface area contributed by atoms with Gasteiger partial charge in [-0.05, 0) is 6.42 Å². The number of likely N-dealkylation sites (tertiary alicyclic amines) is 1. The van der Waals surface area contributed by atoms with E-state index in [2.05, 4.69) is 0 Å². The quantitative estimate of drug-likeness (QED) is 0.561. The summed E-state index contributed by atoms with van der Waals surface area (Å²) in [4.78, 5) is 12.5. The van der Waals surface area contributed by atoms with Gasteiger partial charge in [-0.2, -0.15) is 0 Å². The standard InChI is InChI=1S/C9H17NO4/c1-2-3-6(9(13)14)10-4-7(11)8(12)5-10/h6-8,11-12H,2-5H2,1H3,(H,13,14). The summed E-state index contributed by atoms with van der Waals surface area (Å²) in [5.74, 6) is -0.881. The van der Waals surface area contributed by atoms with Gasteiger partial charge in [0, 0.05) is 13.1 Å². The van der Waals surface area contributed by atoms with Crippen molar-refractivity contribution in [2.45, 2.75) is 38.0 Å². The number of hydrogen-bond donors (Lipinski definition) is 3. The van der Waals surface area contributed by atoms with Crippen LogP contribution in [0.3, 0.4) is 0 Å². The lowest BCUT2D eigenvalue weighted by atomic mass is 10.1. The summed E-state index contributed by atoms with van der Waals surface area (Å²) in [6.45, 7) is 2.41. The average molecular weight is 203 g/mol. The van der Waals surface area contributed by atoms with E-state index >= 15 is 0 Å². The smallest absolute Gasteiger partial charge is 0.320 e. The van der Waals surface area contributed by atoms with Crippen molar-refractivity contribution in [1.82, 2.24) is 4.90 Å². The molecule has 1 aliphatic rings. The molecule has 82 valence electrons. The van der Waals surface area contributed by atoms with E-state index in [1.807, 2.05) is 6.92 Å². The number of rotatable bonds is 4. The van der Waals surface area contributed by atoms with E-state index in [0.29, 0.717) is 6.42 Å². The minimum atomic E-state index is -0.881. The number of β-amino-alcohol motifs (C(OH)–C–C–N with tert-alkyl or cyclic N) is 2. The van der Waals surface area contributed by atoms with Gasteiger partial charge in [0.1, 0.15) is 6.04 Å². The van der Waals surface area contributed by atoms with Crippen molar-refractivity contribution in [3.05, 3.63) is 0 Å². The van der Waals surface area contributed by atoms with Crippen molar-refractivity contribution >= 4 is 5.97 Å². The maximum absolute atomic E-state index is 10.9. The van der Waals surface area contributed by atoms with Crippen molar-refractivity contribution in [3.8, 4) is 0 Å². The highest BCUT2D eigenvalue weighted by atomic mass is 16.4. The SMILES string of the molecule is CCCC(C(=O)O)N1CC(O)C(O)C1. The van der Waals surface area contributed by atoms with Gasteiger partial charge in [0.15, 0.2) is 0 Å². The van der Waals surface area contributed by atoms with Crippen LogP contribution in [-0.4, -0.2) is 57.5 Å². The molecule has 3 N–H and O–H groups in total. The predicted octanol–water partition coefficient (Wildman–Crippen LogP) is -0.723. The fraction of sp³-hybridized carbons (Fsp3) is 0.889. The zero-order valence-corrected chi connectivity index (χ0v) is 8.26. The van der Waals surface area contributed by atoms with Gasteiger partial charge < -0.3 is 15.3 Å². The number of aliphatic hydroxyl groups excluding tert-OH is 2. The Hall–Kier alpha value is -0.650. The topological polar surface area (TPSA) is 81.0 Å². The lowest BCUT2D eigenvalue weighted by molar-refractivity contribution is -0.143. The Balaban J connectivity index is 2.57. The fourth-order valence-corrected chi connectivity index (χ4v) is 1.79. The molecule has 0 aromatic rings. The molecule has 0 bridgehead atoms. The molecule has 0 spiro atoms. The molecular weight excluding hydrogens is 186 g/mol. The molecule has 5 nitrogen and oxygen atoms in total. The molecule has 1 heterocycles. The van der Waals surface area contributed by atoms with Crippen LogP contribution in [0.25, 0.3) is 0 Å². The van der Waals surface area contributed by atoms with Crippen LogP contribution in [0.1, 0.15) is 19.8 Å². The van der Waals surface area contributed by atoms with Gasteiger partial charge >= 0.3 is 5.97 Å². The molecule has 3 unspecified atom stereocenters. The molecule has 0 radical (unpaired) electrons. The van der Waals surface area contributed by atoms with E-state index in [9.17, 15) is 15.0 Å². The van der Waals surface area contributed by atoms with Crippen LogP contribution in [-0.2, 0) is 4.79 Å². The zero-order chi connectivity index (χ0) is 10.7. The first-order chi connectivity index (χ1) is 6.56. The van der Waals surface area contributed by atoms with Gasteiger partial charge in [-0.1, -0.05) is 13.3 Å². The summed E-state index contributed by atoms with van der Waals surface area (Å²) in [6, 6.07) is -0.577. The third-order valence-corrected chi connectivity index (χ3v) is 2.58. The highest BCUT2D eigenvalue weighted by Gasteiger charge is 2.36. The van der Waals surface area contributed by atoms with E-state index in [0.717, 1.165) is 6.42 Å². The molecule has 0 aliphatic carbocycles. The van der Waals surface area contributed by atoms with Gasteiger partial charge in [-0.15, -0.1) is 0 Å². The van der Waals surface area contributed by atoms with Crippen molar-refractivity contribution in [1.29, 1.82) is 0 Å². The second kappa shape index (κ2) is 4.72. The fourth-order valence-electron chi connectivity index (χ4n) is 1.79. The highest BCUT2D eigenvalue weighted by molar-refractivity contribution is 5.73. The Morgan fingerprint density at radius 3 is 2.29 bits per heavy atom. The third-order valence-electron chi connectivity index (χ3n) is 2.58. The van der Waals surface area contributed by atoms with Crippen LogP contribution in [0.15, 0.2) is 0 Å². The van der Waals surface area contributed by atoms with Crippen LogP contribution < -0.4 is 0 Å². The highest BCUT2D eigenvalue weighted by Crippen LogP contribution is 2.16. The number of carboxylic acid groups (broad SMARTS) is 1. The second-order valence-corrected chi connectivity index (χ2v) is 3.73. The van der Waals surface area contributed by atoms with Gasteiger partial charge in [0.05, 0.1) is 12.2 Å². The minimum absolute atomic E-state index is 0.248. The van der Waals surface area contributed by atoms with E-state index in [1.165, 1.54) is 0 Å². The molecule has 14 heavy (non-hydrogen) atoms. The molecule has 0 aromatic heterocycles. The lowest BCUT2D eigenvalue weighted by Crippen LogP contribution is -2.40. The van der Waals surface area contributed by atoms with Gasteiger partial charge in [0.25, 0.3) is 0 Å². The average Bonchev–Trinajstić information content (AvgIpc) is 2.42. The second-order valence-electron chi connectivity index (χ2n) is 3.73. The van der Waals surface area contributed by atoms with Crippen molar-refractivity contribution in [2.75, 3.05) is 13.1 Å². The number of nitrogens with zero attached hydrogens (tertiary/aromatic N) is 1. The summed E-state index contributed by atoms with van der Waals surface area (Å²) in [5.41, 5.74) is 0. The van der Waals surface area contributed by atoms with Crippen LogP contribution >= 0.6 is 0 Å². The van der Waals surface area contributed by atoms with Crippen LogP contribution in [0.4, 0.5) is 0 Å². The Morgan fingerprint density at radius 1 is 1.43 bits per heavy atom. The first kappa shape index (κ1) is 11.4. The Kier molecular flexibility index (Phi) is 3.86. The summed E-state index contributed by atoms with van der Waals surface area (Å²) in [5, 5.41) is 27.5. The number of aliphatic hydroxyl groups is 2. The maximum Gasteiger partial charge on any atom is 0.320 e. The van der Waals surface area contributed by atoms with E-state index in [-0.39, 0.29) is 13.1 Å². The summed E-state index contributed by atoms with van der Waals surface area (Å²) >= 11 is 0. The van der Waals surface area contributed by atoms with Crippen molar-refractivity contribution in [2.24, 2.45) is 0 Å². The first-order valence-electron chi connectivity index (χ1n) is 4.89. The molecule has 3 atom stereocenters. The Labute approximate surface area is 83.0 Å². The van der Waals surface area contributed by atoms with Crippen LogP contribution in [0.2, 0.25) is 0 Å². The molecular formula is C9H17NO4. The van der Waals surface area contributed by atoms with Crippen molar-refractivity contribution < 1.29 is 20.1 Å². The largest absolute Gasteiger partial charge is 0.480 e. The molecule has 0 aromatic carbocycles. The summed E-state index contributed by atoms with van der Waals surface area (Å²) in [7, 11) is 0. The first-order valence-corrected chi connectivity index (χ1v) is 4.89. The Morgan fingerprint density at radius 2 is 1.93 bits per heavy atom.